The minimum atomic E-state index is -1.18. The summed E-state index contributed by atoms with van der Waals surface area (Å²) in [6.07, 6.45) is 0. The molecule has 0 aliphatic rings. The van der Waals surface area contributed by atoms with Crippen molar-refractivity contribution in [3.63, 3.8) is 0 Å². The average Bonchev–Trinajstić information content (AvgIpc) is 2.58. The van der Waals surface area contributed by atoms with Gasteiger partial charge in [-0.25, -0.2) is 9.78 Å². The second-order valence-corrected chi connectivity index (χ2v) is 4.07. The third-order valence-corrected chi connectivity index (χ3v) is 2.16. The number of carboxylic acids is 1. The number of benzene rings is 1. The van der Waals surface area contributed by atoms with Gasteiger partial charge < -0.3 is 14.6 Å². The number of carboxylic acid groups (broad SMARTS) is 1. The SMILES string of the molecule is CC(C)(O)c1nc2cc(C(=O)O)ccc2o1. The molecule has 1 aromatic heterocycles. The molecule has 0 spiro atoms. The van der Waals surface area contributed by atoms with Crippen molar-refractivity contribution in [3.05, 3.63) is 29.7 Å². The van der Waals surface area contributed by atoms with E-state index in [1.165, 1.54) is 18.2 Å². The Hall–Kier alpha value is -1.88. The summed E-state index contributed by atoms with van der Waals surface area (Å²) in [6, 6.07) is 4.38. The van der Waals surface area contributed by atoms with Crippen LogP contribution in [0.3, 0.4) is 0 Å². The van der Waals surface area contributed by atoms with Gasteiger partial charge in [-0.2, -0.15) is 0 Å². The Morgan fingerprint density at radius 2 is 2.12 bits per heavy atom. The predicted octanol–water partition coefficient (Wildman–Crippen LogP) is 1.75. The van der Waals surface area contributed by atoms with Gasteiger partial charge in [-0.05, 0) is 32.0 Å². The molecule has 0 bridgehead atoms. The van der Waals surface area contributed by atoms with E-state index in [-0.39, 0.29) is 11.5 Å². The number of nitrogens with zero attached hydrogens (tertiary/aromatic N) is 1. The minimum Gasteiger partial charge on any atom is -0.478 e. The molecule has 1 heterocycles. The van der Waals surface area contributed by atoms with Crippen LogP contribution in [0.4, 0.5) is 0 Å². The topological polar surface area (TPSA) is 83.6 Å². The maximum atomic E-state index is 10.7. The Labute approximate surface area is 91.3 Å². The molecule has 2 rings (SSSR count). The summed E-state index contributed by atoms with van der Waals surface area (Å²) in [4.78, 5) is 14.8. The van der Waals surface area contributed by atoms with Crippen molar-refractivity contribution < 1.29 is 19.4 Å². The van der Waals surface area contributed by atoms with Gasteiger partial charge in [0, 0.05) is 0 Å². The first-order valence-electron chi connectivity index (χ1n) is 4.74. The molecule has 0 saturated carbocycles. The van der Waals surface area contributed by atoms with Gasteiger partial charge >= 0.3 is 5.97 Å². The Morgan fingerprint density at radius 1 is 1.44 bits per heavy atom. The largest absolute Gasteiger partial charge is 0.478 e. The Kier molecular flexibility index (Phi) is 2.20. The van der Waals surface area contributed by atoms with Gasteiger partial charge in [0.1, 0.15) is 11.1 Å². The van der Waals surface area contributed by atoms with Crippen molar-refractivity contribution in [1.82, 2.24) is 4.98 Å². The molecule has 5 heteroatoms. The van der Waals surface area contributed by atoms with Crippen molar-refractivity contribution in [3.8, 4) is 0 Å². The van der Waals surface area contributed by atoms with E-state index in [0.29, 0.717) is 11.1 Å². The Bertz CT molecular complexity index is 551. The summed E-state index contributed by atoms with van der Waals surface area (Å²) >= 11 is 0. The molecule has 1 aromatic carbocycles. The molecule has 0 saturated heterocycles. The number of aliphatic hydroxyl groups is 1. The normalized spacial score (nSPS) is 11.9. The predicted molar refractivity (Wildman–Crippen MR) is 56.2 cm³/mol. The molecule has 5 nitrogen and oxygen atoms in total. The molecular weight excluding hydrogens is 210 g/mol. The molecule has 0 radical (unpaired) electrons. The average molecular weight is 221 g/mol. The van der Waals surface area contributed by atoms with E-state index in [4.69, 9.17) is 9.52 Å². The van der Waals surface area contributed by atoms with Crippen LogP contribution in [-0.4, -0.2) is 21.2 Å². The first-order chi connectivity index (χ1) is 7.38. The maximum absolute atomic E-state index is 10.7. The smallest absolute Gasteiger partial charge is 0.335 e. The van der Waals surface area contributed by atoms with E-state index in [2.05, 4.69) is 4.98 Å². The molecule has 0 aliphatic carbocycles. The zero-order chi connectivity index (χ0) is 11.9. The Balaban J connectivity index is 2.59. The number of oxazole rings is 1. The van der Waals surface area contributed by atoms with E-state index in [0.717, 1.165) is 0 Å². The molecule has 2 N–H and O–H groups in total. The van der Waals surface area contributed by atoms with Gasteiger partial charge in [0.15, 0.2) is 5.58 Å². The molecule has 0 atom stereocenters. The maximum Gasteiger partial charge on any atom is 0.335 e. The van der Waals surface area contributed by atoms with Crippen LogP contribution < -0.4 is 0 Å². The summed E-state index contributed by atoms with van der Waals surface area (Å²) in [5.74, 6) is -0.847. The van der Waals surface area contributed by atoms with Crippen LogP contribution in [-0.2, 0) is 5.60 Å². The van der Waals surface area contributed by atoms with Crippen LogP contribution in [0, 0.1) is 0 Å². The molecule has 84 valence electrons. The minimum absolute atomic E-state index is 0.142. The van der Waals surface area contributed by atoms with Crippen molar-refractivity contribution in [2.24, 2.45) is 0 Å². The first kappa shape index (κ1) is 10.6. The van der Waals surface area contributed by atoms with Gasteiger partial charge in [0.2, 0.25) is 5.89 Å². The molecule has 16 heavy (non-hydrogen) atoms. The highest BCUT2D eigenvalue weighted by Crippen LogP contribution is 2.24. The quantitative estimate of drug-likeness (QED) is 0.807. The van der Waals surface area contributed by atoms with E-state index < -0.39 is 11.6 Å². The molecule has 0 aliphatic heterocycles. The number of aromatic nitrogens is 1. The van der Waals surface area contributed by atoms with Crippen molar-refractivity contribution >= 4 is 17.1 Å². The zero-order valence-corrected chi connectivity index (χ0v) is 8.89. The standard InChI is InChI=1S/C11H11NO4/c1-11(2,15)10-12-7-5-6(9(13)14)3-4-8(7)16-10/h3-5,15H,1-2H3,(H,13,14). The number of aromatic carboxylic acids is 1. The fourth-order valence-corrected chi connectivity index (χ4v) is 1.32. The van der Waals surface area contributed by atoms with Crippen LogP contribution in [0.1, 0.15) is 30.1 Å². The first-order valence-corrected chi connectivity index (χ1v) is 4.74. The lowest BCUT2D eigenvalue weighted by Gasteiger charge is -2.10. The van der Waals surface area contributed by atoms with Gasteiger partial charge in [0.25, 0.3) is 0 Å². The van der Waals surface area contributed by atoms with Crippen LogP contribution in [0.15, 0.2) is 22.6 Å². The highest BCUT2D eigenvalue weighted by Gasteiger charge is 2.23. The summed E-state index contributed by atoms with van der Waals surface area (Å²) in [5, 5.41) is 18.5. The van der Waals surface area contributed by atoms with Crippen molar-refractivity contribution in [2.45, 2.75) is 19.4 Å². The van der Waals surface area contributed by atoms with Crippen LogP contribution in [0.2, 0.25) is 0 Å². The summed E-state index contributed by atoms with van der Waals surface area (Å²) in [6.45, 7) is 3.10. The second-order valence-electron chi connectivity index (χ2n) is 4.07. The molecular formula is C11H11NO4. The van der Waals surface area contributed by atoms with Crippen LogP contribution in [0.25, 0.3) is 11.1 Å². The monoisotopic (exact) mass is 221 g/mol. The van der Waals surface area contributed by atoms with Crippen LogP contribution >= 0.6 is 0 Å². The molecule has 0 amide bonds. The lowest BCUT2D eigenvalue weighted by atomic mass is 10.1. The van der Waals surface area contributed by atoms with E-state index in [9.17, 15) is 9.90 Å². The number of hydrogen-bond acceptors (Lipinski definition) is 4. The third kappa shape index (κ3) is 1.77. The number of fused-ring (bicyclic) bond motifs is 1. The molecule has 0 unspecified atom stereocenters. The number of rotatable bonds is 2. The number of carbonyl (C=O) groups is 1. The van der Waals surface area contributed by atoms with Crippen LogP contribution in [0.5, 0.6) is 0 Å². The lowest BCUT2D eigenvalue weighted by Crippen LogP contribution is -2.15. The summed E-state index contributed by atoms with van der Waals surface area (Å²) < 4.78 is 5.31. The van der Waals surface area contributed by atoms with Gasteiger partial charge in [-0.3, -0.25) is 0 Å². The number of hydrogen-bond donors (Lipinski definition) is 2. The van der Waals surface area contributed by atoms with Gasteiger partial charge in [-0.1, -0.05) is 0 Å². The van der Waals surface area contributed by atoms with Crippen molar-refractivity contribution in [2.75, 3.05) is 0 Å². The van der Waals surface area contributed by atoms with Crippen molar-refractivity contribution in [1.29, 1.82) is 0 Å². The van der Waals surface area contributed by atoms with E-state index in [1.807, 2.05) is 0 Å². The third-order valence-electron chi connectivity index (χ3n) is 2.16. The lowest BCUT2D eigenvalue weighted by molar-refractivity contribution is 0.0501. The highest BCUT2D eigenvalue weighted by molar-refractivity contribution is 5.91. The van der Waals surface area contributed by atoms with Gasteiger partial charge in [-0.15, -0.1) is 0 Å². The van der Waals surface area contributed by atoms with Gasteiger partial charge in [0.05, 0.1) is 5.56 Å². The fraction of sp³-hybridized carbons (Fsp3) is 0.273. The van der Waals surface area contributed by atoms with E-state index in [1.54, 1.807) is 13.8 Å². The Morgan fingerprint density at radius 3 is 2.69 bits per heavy atom. The summed E-state index contributed by atoms with van der Waals surface area (Å²) in [5.41, 5.74) is -0.148. The second kappa shape index (κ2) is 3.31. The van der Waals surface area contributed by atoms with E-state index >= 15 is 0 Å². The zero-order valence-electron chi connectivity index (χ0n) is 8.89. The molecule has 2 aromatic rings. The summed E-state index contributed by atoms with van der Waals surface area (Å²) in [7, 11) is 0. The molecule has 0 fully saturated rings. The fourth-order valence-electron chi connectivity index (χ4n) is 1.32. The highest BCUT2D eigenvalue weighted by atomic mass is 16.4.